The predicted octanol–water partition coefficient (Wildman–Crippen LogP) is 3.15. The summed E-state index contributed by atoms with van der Waals surface area (Å²) in [6.07, 6.45) is 6.04. The molecule has 0 spiro atoms. The topological polar surface area (TPSA) is 26.3 Å². The molecule has 0 amide bonds. The number of ether oxygens (including phenoxy) is 1. The van der Waals surface area contributed by atoms with Crippen LogP contribution in [-0.2, 0) is 9.53 Å². The van der Waals surface area contributed by atoms with Crippen molar-refractivity contribution in [1.29, 1.82) is 0 Å². The molecule has 86 valence electrons. The predicted molar refractivity (Wildman–Crippen MR) is 59.4 cm³/mol. The average molecular weight is 210 g/mol. The van der Waals surface area contributed by atoms with E-state index in [4.69, 9.17) is 4.74 Å². The lowest BCUT2D eigenvalue weighted by atomic mass is 9.94. The lowest BCUT2D eigenvalue weighted by molar-refractivity contribution is -0.156. The minimum absolute atomic E-state index is 0.00583. The fourth-order valence-electron chi connectivity index (χ4n) is 3.30. The third-order valence-corrected chi connectivity index (χ3v) is 3.85. The Kier molecular flexibility index (Phi) is 2.78. The number of carbonyl (C=O) groups is 1. The molecule has 2 aliphatic rings. The van der Waals surface area contributed by atoms with E-state index < -0.39 is 0 Å². The number of fused-ring (bicyclic) bond motifs is 2. The van der Waals surface area contributed by atoms with Crippen molar-refractivity contribution in [2.24, 2.45) is 17.8 Å². The largest absolute Gasteiger partial charge is 0.460 e. The molecule has 0 aromatic carbocycles. The summed E-state index contributed by atoms with van der Waals surface area (Å²) in [6.45, 7) is 5.82. The minimum atomic E-state index is -0.325. The highest BCUT2D eigenvalue weighted by atomic mass is 16.6. The highest BCUT2D eigenvalue weighted by Gasteiger charge is 2.42. The van der Waals surface area contributed by atoms with E-state index in [0.717, 1.165) is 11.8 Å². The first-order valence-electron chi connectivity index (χ1n) is 6.17. The standard InChI is InChI=1S/C13H22O2/c1-13(2,3)15-12(14)8-11-9-4-5-10(11)7-6-9/h9-11H,4-8H2,1-3H3. The van der Waals surface area contributed by atoms with Crippen molar-refractivity contribution in [1.82, 2.24) is 0 Å². The van der Waals surface area contributed by atoms with E-state index in [1.54, 1.807) is 0 Å². The molecule has 2 heteroatoms. The Morgan fingerprint density at radius 2 is 1.60 bits per heavy atom. The van der Waals surface area contributed by atoms with Crippen molar-refractivity contribution in [3.05, 3.63) is 0 Å². The molecule has 0 aromatic heterocycles. The second-order valence-corrected chi connectivity index (χ2v) is 6.13. The van der Waals surface area contributed by atoms with Crippen molar-refractivity contribution in [3.8, 4) is 0 Å². The van der Waals surface area contributed by atoms with Gasteiger partial charge in [0, 0.05) is 6.42 Å². The van der Waals surface area contributed by atoms with Crippen LogP contribution in [0.2, 0.25) is 0 Å². The van der Waals surface area contributed by atoms with Gasteiger partial charge in [-0.2, -0.15) is 0 Å². The molecular formula is C13H22O2. The SMILES string of the molecule is CC(C)(C)OC(=O)CC1C2CCC1CC2. The quantitative estimate of drug-likeness (QED) is 0.654. The molecule has 0 radical (unpaired) electrons. The Morgan fingerprint density at radius 3 is 2.00 bits per heavy atom. The molecule has 2 aliphatic carbocycles. The van der Waals surface area contributed by atoms with Gasteiger partial charge in [0.25, 0.3) is 0 Å². The highest BCUT2D eigenvalue weighted by molar-refractivity contribution is 5.70. The Balaban J connectivity index is 1.85. The van der Waals surface area contributed by atoms with E-state index in [2.05, 4.69) is 0 Å². The van der Waals surface area contributed by atoms with Crippen LogP contribution in [0.15, 0.2) is 0 Å². The third-order valence-electron chi connectivity index (χ3n) is 3.85. The van der Waals surface area contributed by atoms with Gasteiger partial charge in [0.2, 0.25) is 0 Å². The van der Waals surface area contributed by atoms with Gasteiger partial charge in [0.15, 0.2) is 0 Å². The zero-order chi connectivity index (χ0) is 11.1. The van der Waals surface area contributed by atoms with Crippen LogP contribution in [0.25, 0.3) is 0 Å². The molecule has 0 heterocycles. The molecule has 2 fully saturated rings. The van der Waals surface area contributed by atoms with E-state index >= 15 is 0 Å². The van der Waals surface area contributed by atoms with Gasteiger partial charge >= 0.3 is 5.97 Å². The maximum absolute atomic E-state index is 11.7. The minimum Gasteiger partial charge on any atom is -0.460 e. The molecule has 2 rings (SSSR count). The van der Waals surface area contributed by atoms with Crippen LogP contribution in [0.5, 0.6) is 0 Å². The van der Waals surface area contributed by atoms with Crippen LogP contribution in [0.1, 0.15) is 52.9 Å². The third kappa shape index (κ3) is 2.53. The number of hydrogen-bond donors (Lipinski definition) is 0. The summed E-state index contributed by atoms with van der Waals surface area (Å²) >= 11 is 0. The fraction of sp³-hybridized carbons (Fsp3) is 0.923. The van der Waals surface area contributed by atoms with Crippen molar-refractivity contribution in [3.63, 3.8) is 0 Å². The van der Waals surface area contributed by atoms with Gasteiger partial charge in [-0.1, -0.05) is 0 Å². The zero-order valence-electron chi connectivity index (χ0n) is 10.1. The maximum Gasteiger partial charge on any atom is 0.306 e. The van der Waals surface area contributed by atoms with Crippen molar-refractivity contribution in [2.75, 3.05) is 0 Å². The van der Waals surface area contributed by atoms with Crippen LogP contribution < -0.4 is 0 Å². The molecule has 2 nitrogen and oxygen atoms in total. The summed E-state index contributed by atoms with van der Waals surface area (Å²) < 4.78 is 5.39. The lowest BCUT2D eigenvalue weighted by Crippen LogP contribution is -2.26. The van der Waals surface area contributed by atoms with Gasteiger partial charge in [-0.15, -0.1) is 0 Å². The summed E-state index contributed by atoms with van der Waals surface area (Å²) in [6, 6.07) is 0. The molecular weight excluding hydrogens is 188 g/mol. The number of hydrogen-bond acceptors (Lipinski definition) is 2. The van der Waals surface area contributed by atoms with Gasteiger partial charge in [-0.3, -0.25) is 4.79 Å². The first-order valence-corrected chi connectivity index (χ1v) is 6.17. The van der Waals surface area contributed by atoms with Crippen LogP contribution in [0, 0.1) is 17.8 Å². The Morgan fingerprint density at radius 1 is 1.13 bits per heavy atom. The molecule has 0 atom stereocenters. The molecule has 0 N–H and O–H groups in total. The first-order chi connectivity index (χ1) is 6.96. The van der Waals surface area contributed by atoms with Crippen LogP contribution >= 0.6 is 0 Å². The summed E-state index contributed by atoms with van der Waals surface area (Å²) in [4.78, 5) is 11.7. The molecule has 0 aliphatic heterocycles. The Hall–Kier alpha value is -0.530. The summed E-state index contributed by atoms with van der Waals surface area (Å²) in [5, 5.41) is 0. The van der Waals surface area contributed by atoms with Gasteiger partial charge in [0.1, 0.15) is 5.60 Å². The van der Waals surface area contributed by atoms with E-state index in [1.165, 1.54) is 25.7 Å². The Labute approximate surface area is 92.4 Å². The average Bonchev–Trinajstić information content (AvgIpc) is 2.61. The molecule has 2 saturated carbocycles. The van der Waals surface area contributed by atoms with Crippen LogP contribution in [-0.4, -0.2) is 11.6 Å². The molecule has 0 aromatic rings. The lowest BCUT2D eigenvalue weighted by Gasteiger charge is -2.22. The number of carbonyl (C=O) groups excluding carboxylic acids is 1. The first kappa shape index (κ1) is 11.0. The summed E-state index contributed by atoms with van der Waals surface area (Å²) in [7, 11) is 0. The number of rotatable bonds is 2. The summed E-state index contributed by atoms with van der Waals surface area (Å²) in [5.41, 5.74) is -0.325. The second kappa shape index (κ2) is 3.80. The zero-order valence-corrected chi connectivity index (χ0v) is 10.1. The van der Waals surface area contributed by atoms with E-state index in [1.807, 2.05) is 20.8 Å². The van der Waals surface area contributed by atoms with E-state index in [0.29, 0.717) is 12.3 Å². The fourth-order valence-corrected chi connectivity index (χ4v) is 3.30. The molecule has 2 bridgehead atoms. The Bertz CT molecular complexity index is 232. The van der Waals surface area contributed by atoms with E-state index in [9.17, 15) is 4.79 Å². The maximum atomic E-state index is 11.7. The molecule has 15 heavy (non-hydrogen) atoms. The second-order valence-electron chi connectivity index (χ2n) is 6.13. The van der Waals surface area contributed by atoms with Crippen molar-refractivity contribution < 1.29 is 9.53 Å². The van der Waals surface area contributed by atoms with Gasteiger partial charge in [-0.05, 0) is 64.2 Å². The van der Waals surface area contributed by atoms with Gasteiger partial charge in [-0.25, -0.2) is 0 Å². The molecule has 0 saturated heterocycles. The normalized spacial score (nSPS) is 34.5. The van der Waals surface area contributed by atoms with Gasteiger partial charge < -0.3 is 4.74 Å². The monoisotopic (exact) mass is 210 g/mol. The van der Waals surface area contributed by atoms with Gasteiger partial charge in [0.05, 0.1) is 0 Å². The highest BCUT2D eigenvalue weighted by Crippen LogP contribution is 2.50. The van der Waals surface area contributed by atoms with Crippen LogP contribution in [0.3, 0.4) is 0 Å². The van der Waals surface area contributed by atoms with E-state index in [-0.39, 0.29) is 11.6 Å². The summed E-state index contributed by atoms with van der Waals surface area (Å²) in [5.74, 6) is 2.29. The smallest absolute Gasteiger partial charge is 0.306 e. The van der Waals surface area contributed by atoms with Crippen molar-refractivity contribution in [2.45, 2.75) is 58.5 Å². The van der Waals surface area contributed by atoms with Crippen molar-refractivity contribution >= 4 is 5.97 Å². The molecule has 0 unspecified atom stereocenters. The van der Waals surface area contributed by atoms with Crippen LogP contribution in [0.4, 0.5) is 0 Å². The number of esters is 1.